The van der Waals surface area contributed by atoms with Gasteiger partial charge in [0.2, 0.25) is 10.0 Å². The molecule has 1 aromatic carbocycles. The predicted octanol–water partition coefficient (Wildman–Crippen LogP) is 1.54. The Morgan fingerprint density at radius 3 is 2.56 bits per heavy atom. The van der Waals surface area contributed by atoms with Crippen LogP contribution in [0.25, 0.3) is 0 Å². The summed E-state index contributed by atoms with van der Waals surface area (Å²) < 4.78 is 30.7. The van der Waals surface area contributed by atoms with Crippen molar-refractivity contribution >= 4 is 10.0 Å². The number of rotatable bonds is 5. The first kappa shape index (κ1) is 14.5. The van der Waals surface area contributed by atoms with E-state index >= 15 is 0 Å². The van der Waals surface area contributed by atoms with E-state index in [9.17, 15) is 8.42 Å². The van der Waals surface area contributed by atoms with E-state index in [1.54, 1.807) is 26.0 Å². The molecule has 0 radical (unpaired) electrons. The molecule has 0 unspecified atom stereocenters. The first-order valence-electron chi connectivity index (χ1n) is 5.49. The number of nitrogens with zero attached hydrogens (tertiary/aromatic N) is 2. The van der Waals surface area contributed by atoms with Gasteiger partial charge in [0, 0.05) is 6.54 Å². The molecule has 0 spiro atoms. The fourth-order valence-electron chi connectivity index (χ4n) is 1.61. The second-order valence-corrected chi connectivity index (χ2v) is 5.66. The van der Waals surface area contributed by atoms with Crippen molar-refractivity contribution in [1.82, 2.24) is 4.31 Å². The first-order valence-corrected chi connectivity index (χ1v) is 6.93. The van der Waals surface area contributed by atoms with Gasteiger partial charge in [0.05, 0.1) is 18.1 Å². The summed E-state index contributed by atoms with van der Waals surface area (Å²) in [5.74, 6) is 0.636. The van der Waals surface area contributed by atoms with Gasteiger partial charge in [0.15, 0.2) is 0 Å². The van der Waals surface area contributed by atoms with E-state index in [1.165, 1.54) is 13.2 Å². The Labute approximate surface area is 108 Å². The zero-order valence-corrected chi connectivity index (χ0v) is 11.5. The van der Waals surface area contributed by atoms with Gasteiger partial charge >= 0.3 is 0 Å². The van der Waals surface area contributed by atoms with E-state index in [4.69, 9.17) is 10.00 Å². The highest BCUT2D eigenvalue weighted by Gasteiger charge is 2.23. The van der Waals surface area contributed by atoms with E-state index < -0.39 is 10.0 Å². The van der Waals surface area contributed by atoms with E-state index in [0.29, 0.717) is 5.75 Å². The number of methoxy groups -OCH3 is 1. The molecule has 1 aromatic rings. The second-order valence-electron chi connectivity index (χ2n) is 3.72. The molecule has 0 saturated carbocycles. The lowest BCUT2D eigenvalue weighted by Gasteiger charge is -2.17. The Morgan fingerprint density at radius 2 is 2.11 bits per heavy atom. The van der Waals surface area contributed by atoms with Crippen molar-refractivity contribution in [2.24, 2.45) is 0 Å². The molecule has 98 valence electrons. The van der Waals surface area contributed by atoms with Crippen molar-refractivity contribution < 1.29 is 13.2 Å². The van der Waals surface area contributed by atoms with Gasteiger partial charge in [-0.1, -0.05) is 6.92 Å². The number of benzene rings is 1. The maximum Gasteiger partial charge on any atom is 0.244 e. The van der Waals surface area contributed by atoms with Crippen LogP contribution in [0.4, 0.5) is 0 Å². The molecule has 1 rings (SSSR count). The van der Waals surface area contributed by atoms with Gasteiger partial charge in [0.25, 0.3) is 0 Å². The molecular formula is C12H16N2O3S. The molecule has 0 atom stereocenters. The Hall–Kier alpha value is -1.58. The smallest absolute Gasteiger partial charge is 0.244 e. The fourth-order valence-corrected chi connectivity index (χ4v) is 3.04. The monoisotopic (exact) mass is 268 g/mol. The average Bonchev–Trinajstić information content (AvgIpc) is 2.35. The van der Waals surface area contributed by atoms with E-state index in [1.807, 2.05) is 6.07 Å². The highest BCUT2D eigenvalue weighted by atomic mass is 32.2. The number of hydrogen-bond acceptors (Lipinski definition) is 4. The Bertz CT molecular complexity index is 561. The van der Waals surface area contributed by atoms with Crippen LogP contribution in [0.1, 0.15) is 12.5 Å². The Balaban J connectivity index is 3.20. The third-order valence-electron chi connectivity index (χ3n) is 2.60. The molecule has 0 fully saturated rings. The minimum absolute atomic E-state index is 0.149. The number of aryl methyl sites for hydroxylation is 1. The topological polar surface area (TPSA) is 70.4 Å². The van der Waals surface area contributed by atoms with Gasteiger partial charge in [-0.3, -0.25) is 0 Å². The predicted molar refractivity (Wildman–Crippen MR) is 67.8 cm³/mol. The molecule has 0 aromatic heterocycles. The highest BCUT2D eigenvalue weighted by Crippen LogP contribution is 2.23. The minimum Gasteiger partial charge on any atom is -0.496 e. The molecule has 18 heavy (non-hydrogen) atoms. The summed E-state index contributed by atoms with van der Waals surface area (Å²) >= 11 is 0. The van der Waals surface area contributed by atoms with Crippen LogP contribution in [0.15, 0.2) is 23.1 Å². The molecule has 0 heterocycles. The van der Waals surface area contributed by atoms with E-state index in [-0.39, 0.29) is 18.0 Å². The maximum atomic E-state index is 12.2. The van der Waals surface area contributed by atoms with Gasteiger partial charge in [-0.25, -0.2) is 8.42 Å². The van der Waals surface area contributed by atoms with Crippen LogP contribution in [0.3, 0.4) is 0 Å². The lowest BCUT2D eigenvalue weighted by molar-refractivity contribution is 0.411. The van der Waals surface area contributed by atoms with Crippen molar-refractivity contribution in [3.05, 3.63) is 23.8 Å². The summed E-state index contributed by atoms with van der Waals surface area (Å²) in [6.45, 7) is 3.59. The van der Waals surface area contributed by atoms with Gasteiger partial charge < -0.3 is 4.74 Å². The first-order chi connectivity index (χ1) is 8.47. The number of nitriles is 1. The lowest BCUT2D eigenvalue weighted by Crippen LogP contribution is -2.31. The highest BCUT2D eigenvalue weighted by molar-refractivity contribution is 7.89. The molecule has 0 aliphatic carbocycles. The molecule has 0 aliphatic heterocycles. The lowest BCUT2D eigenvalue weighted by atomic mass is 10.2. The standard InChI is InChI=1S/C12H16N2O3S/c1-4-14(8-7-13)18(15,16)11-5-6-12(17-3)10(2)9-11/h5-6,9H,4,8H2,1-3H3. The molecule has 0 aliphatic rings. The van der Waals surface area contributed by atoms with Crippen molar-refractivity contribution in [2.45, 2.75) is 18.7 Å². The molecule has 0 saturated heterocycles. The Kier molecular flexibility index (Phi) is 4.70. The molecule has 5 nitrogen and oxygen atoms in total. The number of hydrogen-bond donors (Lipinski definition) is 0. The van der Waals surface area contributed by atoms with Crippen LogP contribution < -0.4 is 4.74 Å². The van der Waals surface area contributed by atoms with Crippen LogP contribution in [-0.2, 0) is 10.0 Å². The summed E-state index contributed by atoms with van der Waals surface area (Å²) in [7, 11) is -2.07. The molecule has 0 amide bonds. The molecule has 0 N–H and O–H groups in total. The third kappa shape index (κ3) is 2.81. The van der Waals surface area contributed by atoms with Crippen LogP contribution in [-0.4, -0.2) is 32.9 Å². The van der Waals surface area contributed by atoms with Gasteiger partial charge in [-0.05, 0) is 30.7 Å². The van der Waals surface area contributed by atoms with Crippen molar-refractivity contribution in [2.75, 3.05) is 20.2 Å². The van der Waals surface area contributed by atoms with E-state index in [2.05, 4.69) is 0 Å². The van der Waals surface area contributed by atoms with Crippen LogP contribution in [0.2, 0.25) is 0 Å². The Morgan fingerprint density at radius 1 is 1.44 bits per heavy atom. The second kappa shape index (κ2) is 5.85. The van der Waals surface area contributed by atoms with Crippen molar-refractivity contribution in [3.8, 4) is 11.8 Å². The summed E-state index contributed by atoms with van der Waals surface area (Å²) in [6.07, 6.45) is 0. The molecule has 6 heteroatoms. The number of sulfonamides is 1. The van der Waals surface area contributed by atoms with Gasteiger partial charge in [-0.2, -0.15) is 9.57 Å². The fraction of sp³-hybridized carbons (Fsp3) is 0.417. The minimum atomic E-state index is -3.61. The van der Waals surface area contributed by atoms with Gasteiger partial charge in [0.1, 0.15) is 12.3 Å². The zero-order valence-electron chi connectivity index (χ0n) is 10.7. The maximum absolute atomic E-state index is 12.2. The molecular weight excluding hydrogens is 252 g/mol. The molecule has 0 bridgehead atoms. The van der Waals surface area contributed by atoms with E-state index in [0.717, 1.165) is 9.87 Å². The SMILES string of the molecule is CCN(CC#N)S(=O)(=O)c1ccc(OC)c(C)c1. The van der Waals surface area contributed by atoms with Crippen LogP contribution >= 0.6 is 0 Å². The normalized spacial score (nSPS) is 11.3. The van der Waals surface area contributed by atoms with Crippen molar-refractivity contribution in [1.29, 1.82) is 5.26 Å². The van der Waals surface area contributed by atoms with Gasteiger partial charge in [-0.15, -0.1) is 0 Å². The third-order valence-corrected chi connectivity index (χ3v) is 4.52. The largest absolute Gasteiger partial charge is 0.496 e. The average molecular weight is 268 g/mol. The summed E-state index contributed by atoms with van der Waals surface area (Å²) in [6, 6.07) is 6.50. The van der Waals surface area contributed by atoms with Crippen molar-refractivity contribution in [3.63, 3.8) is 0 Å². The number of ether oxygens (including phenoxy) is 1. The van der Waals surface area contributed by atoms with Crippen LogP contribution in [0, 0.1) is 18.3 Å². The zero-order chi connectivity index (χ0) is 13.8. The summed E-state index contributed by atoms with van der Waals surface area (Å²) in [5, 5.41) is 8.64. The summed E-state index contributed by atoms with van der Waals surface area (Å²) in [4.78, 5) is 0.179. The quantitative estimate of drug-likeness (QED) is 0.759. The van der Waals surface area contributed by atoms with Crippen LogP contribution in [0.5, 0.6) is 5.75 Å². The summed E-state index contributed by atoms with van der Waals surface area (Å²) in [5.41, 5.74) is 0.742.